The molecule has 1 atom stereocenters. The van der Waals surface area contributed by atoms with E-state index in [-0.39, 0.29) is 6.04 Å². The van der Waals surface area contributed by atoms with E-state index < -0.39 is 0 Å². The van der Waals surface area contributed by atoms with E-state index in [1.54, 1.807) is 17.7 Å². The first-order valence-electron chi connectivity index (χ1n) is 8.61. The molecule has 130 valence electrons. The second-order valence-corrected chi connectivity index (χ2v) is 7.28. The van der Waals surface area contributed by atoms with Crippen LogP contribution in [-0.4, -0.2) is 47.7 Å². The Hall–Kier alpha value is -2.02. The Bertz CT molecular complexity index is 827. The number of morpholine rings is 1. The van der Waals surface area contributed by atoms with E-state index in [1.807, 2.05) is 0 Å². The van der Waals surface area contributed by atoms with Crippen LogP contribution in [0.25, 0.3) is 10.2 Å². The van der Waals surface area contributed by atoms with E-state index in [4.69, 9.17) is 4.74 Å². The third-order valence-electron chi connectivity index (χ3n) is 4.60. The summed E-state index contributed by atoms with van der Waals surface area (Å²) in [7, 11) is 0. The zero-order valence-electron chi connectivity index (χ0n) is 14.3. The molecule has 1 aromatic carbocycles. The Balaban J connectivity index is 1.62. The topological polar surface area (TPSA) is 50.3 Å². The minimum absolute atomic E-state index is 0.178. The van der Waals surface area contributed by atoms with Crippen molar-refractivity contribution in [3.8, 4) is 0 Å². The molecule has 2 aromatic heterocycles. The lowest BCUT2D eigenvalue weighted by atomic mass is 10.0. The fourth-order valence-electron chi connectivity index (χ4n) is 3.15. The first-order valence-corrected chi connectivity index (χ1v) is 9.49. The number of aromatic nitrogens is 2. The van der Waals surface area contributed by atoms with Crippen molar-refractivity contribution in [2.75, 3.05) is 38.2 Å². The highest BCUT2D eigenvalue weighted by atomic mass is 32.1. The number of anilines is 1. The second kappa shape index (κ2) is 7.47. The van der Waals surface area contributed by atoms with Gasteiger partial charge in [0.1, 0.15) is 17.0 Å². The third-order valence-corrected chi connectivity index (χ3v) is 5.42. The number of hydrogen-bond acceptors (Lipinski definition) is 6. The van der Waals surface area contributed by atoms with Crippen LogP contribution < -0.4 is 5.32 Å². The molecule has 1 unspecified atom stereocenters. The largest absolute Gasteiger partial charge is 0.379 e. The summed E-state index contributed by atoms with van der Waals surface area (Å²) in [5, 5.41) is 6.82. The molecule has 1 aliphatic heterocycles. The lowest BCUT2D eigenvalue weighted by Gasteiger charge is -2.31. The normalized spacial score (nSPS) is 16.8. The minimum atomic E-state index is 0.178. The van der Waals surface area contributed by atoms with Crippen LogP contribution in [0.2, 0.25) is 0 Å². The van der Waals surface area contributed by atoms with Gasteiger partial charge >= 0.3 is 0 Å². The number of aryl methyl sites for hydroxylation is 1. The average molecular weight is 354 g/mol. The maximum atomic E-state index is 5.49. The van der Waals surface area contributed by atoms with E-state index in [0.717, 1.165) is 48.9 Å². The van der Waals surface area contributed by atoms with Gasteiger partial charge < -0.3 is 10.1 Å². The molecule has 25 heavy (non-hydrogen) atoms. The molecule has 1 fully saturated rings. The maximum absolute atomic E-state index is 5.49. The van der Waals surface area contributed by atoms with Gasteiger partial charge in [-0.1, -0.05) is 29.8 Å². The van der Waals surface area contributed by atoms with Gasteiger partial charge in [-0.3, -0.25) is 4.90 Å². The van der Waals surface area contributed by atoms with Crippen LogP contribution in [0.1, 0.15) is 17.2 Å². The summed E-state index contributed by atoms with van der Waals surface area (Å²) in [5.74, 6) is 0.907. The van der Waals surface area contributed by atoms with Crippen molar-refractivity contribution in [1.82, 2.24) is 14.9 Å². The first kappa shape index (κ1) is 16.4. The number of nitrogens with zero attached hydrogens (tertiary/aromatic N) is 3. The molecule has 0 amide bonds. The lowest BCUT2D eigenvalue weighted by molar-refractivity contribution is 0.0361. The monoisotopic (exact) mass is 354 g/mol. The number of fused-ring (bicyclic) bond motifs is 1. The van der Waals surface area contributed by atoms with Crippen molar-refractivity contribution in [1.29, 1.82) is 0 Å². The standard InChI is InChI=1S/C19H22N4OS/c1-14-2-4-15(5-3-14)17(12-23-7-9-24-10-8-23)22-18-16-6-11-25-19(16)21-13-20-18/h2-6,11,13,17H,7-10,12H2,1H3,(H,20,21,22). The highest BCUT2D eigenvalue weighted by Crippen LogP contribution is 2.28. The molecular formula is C19H22N4OS. The van der Waals surface area contributed by atoms with Gasteiger partial charge in [0.25, 0.3) is 0 Å². The SMILES string of the molecule is Cc1ccc(C(CN2CCOCC2)Nc2ncnc3sccc23)cc1. The van der Waals surface area contributed by atoms with Gasteiger partial charge in [-0.05, 0) is 23.9 Å². The Morgan fingerprint density at radius 1 is 1.16 bits per heavy atom. The molecule has 0 radical (unpaired) electrons. The van der Waals surface area contributed by atoms with Gasteiger partial charge in [0.15, 0.2) is 0 Å². The van der Waals surface area contributed by atoms with Gasteiger partial charge in [0, 0.05) is 19.6 Å². The summed E-state index contributed by atoms with van der Waals surface area (Å²) in [4.78, 5) is 12.3. The fraction of sp³-hybridized carbons (Fsp3) is 0.368. The van der Waals surface area contributed by atoms with Crippen LogP contribution >= 0.6 is 11.3 Å². The smallest absolute Gasteiger partial charge is 0.138 e. The second-order valence-electron chi connectivity index (χ2n) is 6.38. The zero-order chi connectivity index (χ0) is 17.1. The van der Waals surface area contributed by atoms with Gasteiger partial charge in [-0.15, -0.1) is 11.3 Å². The summed E-state index contributed by atoms with van der Waals surface area (Å²) < 4.78 is 5.49. The predicted molar refractivity (Wildman–Crippen MR) is 102 cm³/mol. The molecule has 6 heteroatoms. The number of rotatable bonds is 5. The number of thiophene rings is 1. The number of benzene rings is 1. The first-order chi connectivity index (χ1) is 12.3. The van der Waals surface area contributed by atoms with E-state index in [1.165, 1.54) is 11.1 Å². The van der Waals surface area contributed by atoms with Crippen molar-refractivity contribution in [2.24, 2.45) is 0 Å². The van der Waals surface area contributed by atoms with Gasteiger partial charge in [-0.2, -0.15) is 0 Å². The molecule has 0 spiro atoms. The van der Waals surface area contributed by atoms with Crippen molar-refractivity contribution in [2.45, 2.75) is 13.0 Å². The summed E-state index contributed by atoms with van der Waals surface area (Å²) in [6.07, 6.45) is 1.64. The van der Waals surface area contributed by atoms with E-state index >= 15 is 0 Å². The molecule has 1 saturated heterocycles. The Morgan fingerprint density at radius 2 is 1.96 bits per heavy atom. The molecule has 4 rings (SSSR count). The quantitative estimate of drug-likeness (QED) is 0.760. The summed E-state index contributed by atoms with van der Waals surface area (Å²) in [6.45, 7) is 6.62. The highest BCUT2D eigenvalue weighted by Gasteiger charge is 2.19. The Kier molecular flexibility index (Phi) is 4.92. The van der Waals surface area contributed by atoms with Crippen LogP contribution in [0, 0.1) is 6.92 Å². The summed E-state index contributed by atoms with van der Waals surface area (Å²) in [5.41, 5.74) is 2.55. The molecule has 0 saturated carbocycles. The molecule has 3 aromatic rings. The van der Waals surface area contributed by atoms with Crippen LogP contribution in [0.15, 0.2) is 42.0 Å². The molecule has 5 nitrogen and oxygen atoms in total. The van der Waals surface area contributed by atoms with Gasteiger partial charge in [0.2, 0.25) is 0 Å². The van der Waals surface area contributed by atoms with Gasteiger partial charge in [0.05, 0.1) is 24.6 Å². The maximum Gasteiger partial charge on any atom is 0.138 e. The molecule has 1 N–H and O–H groups in total. The number of ether oxygens (including phenoxy) is 1. The Labute approximate surface area is 151 Å². The molecule has 1 aliphatic rings. The van der Waals surface area contributed by atoms with Crippen LogP contribution in [0.4, 0.5) is 5.82 Å². The van der Waals surface area contributed by atoms with Crippen LogP contribution in [-0.2, 0) is 4.74 Å². The zero-order valence-corrected chi connectivity index (χ0v) is 15.1. The summed E-state index contributed by atoms with van der Waals surface area (Å²) >= 11 is 1.64. The number of hydrogen-bond donors (Lipinski definition) is 1. The van der Waals surface area contributed by atoms with Gasteiger partial charge in [-0.25, -0.2) is 9.97 Å². The molecule has 3 heterocycles. The highest BCUT2D eigenvalue weighted by molar-refractivity contribution is 7.16. The van der Waals surface area contributed by atoms with Crippen molar-refractivity contribution in [3.05, 3.63) is 53.2 Å². The van der Waals surface area contributed by atoms with E-state index in [9.17, 15) is 0 Å². The van der Waals surface area contributed by atoms with E-state index in [2.05, 4.69) is 62.8 Å². The summed E-state index contributed by atoms with van der Waals surface area (Å²) in [6, 6.07) is 11.0. The van der Waals surface area contributed by atoms with Crippen molar-refractivity contribution < 1.29 is 4.74 Å². The van der Waals surface area contributed by atoms with E-state index in [0.29, 0.717) is 0 Å². The molecule has 0 aliphatic carbocycles. The van der Waals surface area contributed by atoms with Crippen LogP contribution in [0.5, 0.6) is 0 Å². The Morgan fingerprint density at radius 3 is 2.76 bits per heavy atom. The predicted octanol–water partition coefficient (Wildman–Crippen LogP) is 3.49. The fourth-order valence-corrected chi connectivity index (χ4v) is 3.88. The average Bonchev–Trinajstić information content (AvgIpc) is 3.12. The molecule has 0 bridgehead atoms. The minimum Gasteiger partial charge on any atom is -0.379 e. The number of nitrogens with one attached hydrogen (secondary N) is 1. The third kappa shape index (κ3) is 3.81. The van der Waals surface area contributed by atoms with Crippen molar-refractivity contribution in [3.63, 3.8) is 0 Å². The molecular weight excluding hydrogens is 332 g/mol. The van der Waals surface area contributed by atoms with Crippen LogP contribution in [0.3, 0.4) is 0 Å². The van der Waals surface area contributed by atoms with Crippen molar-refractivity contribution >= 4 is 27.4 Å². The lowest BCUT2D eigenvalue weighted by Crippen LogP contribution is -2.40.